The van der Waals surface area contributed by atoms with Crippen LogP contribution in [0.1, 0.15) is 44.6 Å². The number of hydrogen-bond donors (Lipinski definition) is 0. The highest BCUT2D eigenvalue weighted by Crippen LogP contribution is 2.60. The van der Waals surface area contributed by atoms with Crippen molar-refractivity contribution < 1.29 is 0 Å². The van der Waals surface area contributed by atoms with E-state index in [0.717, 1.165) is 0 Å². The van der Waals surface area contributed by atoms with E-state index in [-0.39, 0.29) is 7.92 Å². The second-order valence-electron chi connectivity index (χ2n) is 8.09. The molecule has 3 atom stereocenters. The second kappa shape index (κ2) is 7.99. The molecule has 1 heteroatoms. The third kappa shape index (κ3) is 3.61. The Bertz CT molecular complexity index is 804. The maximum absolute atomic E-state index is 2.56. The van der Waals surface area contributed by atoms with Crippen LogP contribution >= 0.6 is 7.92 Å². The van der Waals surface area contributed by atoms with Gasteiger partial charge in [-0.2, -0.15) is 0 Å². The van der Waals surface area contributed by atoms with Crippen molar-refractivity contribution in [3.63, 3.8) is 0 Å². The molecule has 0 amide bonds. The quantitative estimate of drug-likeness (QED) is 0.450. The lowest BCUT2D eigenvalue weighted by atomic mass is 9.73. The first-order chi connectivity index (χ1) is 13.2. The molecule has 0 aromatic heterocycles. The van der Waals surface area contributed by atoms with Crippen molar-refractivity contribution in [1.29, 1.82) is 0 Å². The summed E-state index contributed by atoms with van der Waals surface area (Å²) >= 11 is 0. The zero-order valence-corrected chi connectivity index (χ0v) is 17.3. The molecule has 1 aliphatic carbocycles. The summed E-state index contributed by atoms with van der Waals surface area (Å²) in [6.45, 7) is 5.01. The fraction of sp³-hybridized carbons (Fsp3) is 0.308. The maximum atomic E-state index is 2.56. The van der Waals surface area contributed by atoms with Crippen LogP contribution in [0.2, 0.25) is 0 Å². The summed E-state index contributed by atoms with van der Waals surface area (Å²) in [5, 5.41) is 3.05. The highest BCUT2D eigenvalue weighted by Gasteiger charge is 2.47. The molecule has 27 heavy (non-hydrogen) atoms. The normalized spacial score (nSPS) is 23.4. The van der Waals surface area contributed by atoms with Gasteiger partial charge in [0, 0.05) is 0 Å². The van der Waals surface area contributed by atoms with Crippen LogP contribution in [0, 0.1) is 5.41 Å². The van der Waals surface area contributed by atoms with E-state index in [1.807, 2.05) is 0 Å². The molecular weight excluding hydrogens is 343 g/mol. The van der Waals surface area contributed by atoms with Crippen LogP contribution in [0.5, 0.6) is 0 Å². The zero-order valence-electron chi connectivity index (χ0n) is 16.4. The van der Waals surface area contributed by atoms with Gasteiger partial charge in [0.05, 0.1) is 0 Å². The van der Waals surface area contributed by atoms with Gasteiger partial charge in [-0.15, -0.1) is 0 Å². The van der Waals surface area contributed by atoms with E-state index < -0.39 is 0 Å². The molecule has 0 aliphatic heterocycles. The van der Waals surface area contributed by atoms with Gasteiger partial charge in [-0.25, -0.2) is 0 Å². The van der Waals surface area contributed by atoms with E-state index in [0.29, 0.717) is 17.0 Å². The Morgan fingerprint density at radius 3 is 1.78 bits per heavy atom. The van der Waals surface area contributed by atoms with E-state index in [4.69, 9.17) is 0 Å². The van der Waals surface area contributed by atoms with Gasteiger partial charge < -0.3 is 0 Å². The molecule has 4 rings (SSSR count). The molecule has 0 spiro atoms. The Morgan fingerprint density at radius 1 is 0.778 bits per heavy atom. The molecule has 0 bridgehead atoms. The minimum Gasteiger partial charge on any atom is -0.0622 e. The van der Waals surface area contributed by atoms with Crippen LogP contribution in [-0.4, -0.2) is 5.66 Å². The maximum Gasteiger partial charge on any atom is -0.00691 e. The van der Waals surface area contributed by atoms with Crippen molar-refractivity contribution in [2.24, 2.45) is 5.41 Å². The monoisotopic (exact) mass is 372 g/mol. The molecule has 1 saturated carbocycles. The van der Waals surface area contributed by atoms with Gasteiger partial charge in [0.15, 0.2) is 0 Å². The Kier molecular flexibility index (Phi) is 5.46. The average Bonchev–Trinajstić information content (AvgIpc) is 3.12. The smallest absolute Gasteiger partial charge is 0.00691 e. The third-order valence-electron chi connectivity index (χ3n) is 6.62. The highest BCUT2D eigenvalue weighted by atomic mass is 31.1. The van der Waals surface area contributed by atoms with Crippen LogP contribution in [0.3, 0.4) is 0 Å². The molecule has 0 N–H and O–H groups in total. The lowest BCUT2D eigenvalue weighted by molar-refractivity contribution is 0.282. The fourth-order valence-electron chi connectivity index (χ4n) is 4.91. The predicted octanol–water partition coefficient (Wildman–Crippen LogP) is 6.48. The van der Waals surface area contributed by atoms with Crippen LogP contribution in [0.25, 0.3) is 0 Å². The summed E-state index contributed by atoms with van der Waals surface area (Å²) in [5.74, 6) is 0.573. The average molecular weight is 372 g/mol. The highest BCUT2D eigenvalue weighted by molar-refractivity contribution is 7.73. The molecule has 1 fully saturated rings. The Hall–Kier alpha value is -1.91. The SMILES string of the molecule is CC(c1ccccc1)C1(C)CCCC1P(c1ccccc1)c1ccccc1. The van der Waals surface area contributed by atoms with Crippen LogP contribution in [0.15, 0.2) is 91.0 Å². The van der Waals surface area contributed by atoms with Gasteiger partial charge in [-0.3, -0.25) is 0 Å². The third-order valence-corrected chi connectivity index (χ3v) is 9.80. The summed E-state index contributed by atoms with van der Waals surface area (Å²) in [6, 6.07) is 33.7. The van der Waals surface area contributed by atoms with Crippen molar-refractivity contribution in [2.75, 3.05) is 0 Å². The van der Waals surface area contributed by atoms with Crippen molar-refractivity contribution >= 4 is 18.5 Å². The Balaban J connectivity index is 1.77. The van der Waals surface area contributed by atoms with Crippen LogP contribution in [0.4, 0.5) is 0 Å². The topological polar surface area (TPSA) is 0 Å². The van der Waals surface area contributed by atoms with Gasteiger partial charge in [0.2, 0.25) is 0 Å². The second-order valence-corrected chi connectivity index (χ2v) is 10.5. The van der Waals surface area contributed by atoms with Crippen molar-refractivity contribution in [3.05, 3.63) is 96.6 Å². The number of hydrogen-bond acceptors (Lipinski definition) is 0. The van der Waals surface area contributed by atoms with Crippen molar-refractivity contribution in [3.8, 4) is 0 Å². The molecule has 3 aromatic rings. The first-order valence-corrected chi connectivity index (χ1v) is 11.6. The molecule has 3 unspecified atom stereocenters. The first kappa shape index (κ1) is 18.5. The van der Waals surface area contributed by atoms with Gasteiger partial charge in [0.1, 0.15) is 0 Å². The van der Waals surface area contributed by atoms with Gasteiger partial charge in [-0.05, 0) is 53.9 Å². The van der Waals surface area contributed by atoms with Gasteiger partial charge in [-0.1, -0.05) is 111 Å². The standard InChI is InChI=1S/C26H29P/c1-21(22-13-6-3-7-14-22)26(2)20-12-19-25(26)27(23-15-8-4-9-16-23)24-17-10-5-11-18-24/h3-11,13-18,21,25H,12,19-20H2,1-2H3. The van der Waals surface area contributed by atoms with Crippen molar-refractivity contribution in [1.82, 2.24) is 0 Å². The number of benzene rings is 3. The molecule has 1 aliphatic rings. The van der Waals surface area contributed by atoms with Gasteiger partial charge in [0.25, 0.3) is 0 Å². The van der Waals surface area contributed by atoms with E-state index >= 15 is 0 Å². The van der Waals surface area contributed by atoms with Crippen LogP contribution < -0.4 is 10.6 Å². The molecule has 0 heterocycles. The van der Waals surface area contributed by atoms with E-state index in [1.165, 1.54) is 35.4 Å². The summed E-state index contributed by atoms with van der Waals surface area (Å²) in [7, 11) is -0.363. The molecular formula is C26H29P. The minimum atomic E-state index is -0.363. The lowest BCUT2D eigenvalue weighted by Gasteiger charge is -2.42. The minimum absolute atomic E-state index is 0.332. The molecule has 138 valence electrons. The lowest BCUT2D eigenvalue weighted by Crippen LogP contribution is -2.35. The van der Waals surface area contributed by atoms with Gasteiger partial charge >= 0.3 is 0 Å². The fourth-order valence-corrected chi connectivity index (χ4v) is 8.30. The van der Waals surface area contributed by atoms with E-state index in [9.17, 15) is 0 Å². The van der Waals surface area contributed by atoms with E-state index in [1.54, 1.807) is 0 Å². The van der Waals surface area contributed by atoms with Crippen LogP contribution in [-0.2, 0) is 0 Å². The molecule has 0 saturated heterocycles. The predicted molar refractivity (Wildman–Crippen MR) is 120 cm³/mol. The van der Waals surface area contributed by atoms with E-state index in [2.05, 4.69) is 105 Å². The summed E-state index contributed by atoms with van der Waals surface area (Å²) < 4.78 is 0. The largest absolute Gasteiger partial charge is 0.0622 e. The summed E-state index contributed by atoms with van der Waals surface area (Å²) in [6.07, 6.45) is 4.01. The van der Waals surface area contributed by atoms with Crippen molar-refractivity contribution in [2.45, 2.75) is 44.7 Å². The number of rotatable bonds is 5. The molecule has 0 radical (unpaired) electrons. The summed E-state index contributed by atoms with van der Waals surface area (Å²) in [4.78, 5) is 0. The molecule has 0 nitrogen and oxygen atoms in total. The Labute approximate surface area is 165 Å². The zero-order chi connectivity index (χ0) is 18.7. The Morgan fingerprint density at radius 2 is 1.26 bits per heavy atom. The molecule has 3 aromatic carbocycles. The summed E-state index contributed by atoms with van der Waals surface area (Å²) in [5.41, 5.74) is 2.54. The first-order valence-electron chi connectivity index (χ1n) is 10.1.